The van der Waals surface area contributed by atoms with E-state index in [0.29, 0.717) is 21.3 Å². The maximum Gasteiger partial charge on any atom is 0.512 e. The molecule has 0 unspecified atom stereocenters. The van der Waals surface area contributed by atoms with E-state index in [-0.39, 0.29) is 23.9 Å². The molecule has 3 rings (SSSR count). The molecule has 8 heteroatoms. The van der Waals surface area contributed by atoms with Crippen LogP contribution in [0, 0.1) is 0 Å². The molecule has 0 radical (unpaired) electrons. The predicted molar refractivity (Wildman–Crippen MR) is 121 cm³/mol. The van der Waals surface area contributed by atoms with E-state index >= 15 is 0 Å². The largest absolute Gasteiger partial charge is 0.512 e. The monoisotopic (exact) mass is 461 g/mol. The quantitative estimate of drug-likeness (QED) is 0.320. The summed E-state index contributed by atoms with van der Waals surface area (Å²) in [6.07, 6.45) is 0.114. The lowest BCUT2D eigenvalue weighted by molar-refractivity contribution is -0.117. The van der Waals surface area contributed by atoms with E-state index < -0.39 is 6.16 Å². The molecule has 1 N–H and O–H groups in total. The average Bonchev–Trinajstić information content (AvgIpc) is 3.11. The molecule has 0 aliphatic rings. The Morgan fingerprint density at radius 1 is 1.13 bits per heavy atom. The number of anilines is 1. The van der Waals surface area contributed by atoms with Crippen LogP contribution in [-0.2, 0) is 11.2 Å². The van der Waals surface area contributed by atoms with Crippen LogP contribution in [0.25, 0.3) is 10.4 Å². The van der Waals surface area contributed by atoms with Crippen LogP contribution >= 0.6 is 34.5 Å². The molecule has 0 saturated carbocycles. The van der Waals surface area contributed by atoms with Gasteiger partial charge in [0.05, 0.1) is 12.1 Å². The molecule has 3 aromatic rings. The highest BCUT2D eigenvalue weighted by atomic mass is 35.5. The first-order chi connectivity index (χ1) is 14.4. The van der Waals surface area contributed by atoms with E-state index in [1.165, 1.54) is 4.90 Å². The number of rotatable bonds is 7. The summed E-state index contributed by atoms with van der Waals surface area (Å²) >= 11 is 13.3. The lowest BCUT2D eigenvalue weighted by atomic mass is 10.1. The number of carboxylic acid groups (broad SMARTS) is 1. The van der Waals surface area contributed by atoms with Gasteiger partial charge in [-0.3, -0.25) is 4.79 Å². The zero-order valence-corrected chi connectivity index (χ0v) is 18.0. The number of benzene rings is 2. The van der Waals surface area contributed by atoms with Crippen LogP contribution in [0.2, 0.25) is 10.0 Å². The molecule has 0 spiro atoms. The molecule has 1 heterocycles. The molecule has 5 nitrogen and oxygen atoms in total. The highest BCUT2D eigenvalue weighted by Gasteiger charge is 2.24. The number of amides is 1. The number of hydrogen-bond donors (Lipinski definition) is 1. The number of carbonyl (C=O) groups is 2. The summed E-state index contributed by atoms with van der Waals surface area (Å²) in [6, 6.07) is 16.1. The highest BCUT2D eigenvalue weighted by Crippen LogP contribution is 2.43. The number of thiophene rings is 1. The third-order valence-electron chi connectivity index (χ3n) is 4.18. The Morgan fingerprint density at radius 2 is 1.87 bits per heavy atom. The van der Waals surface area contributed by atoms with Crippen molar-refractivity contribution in [1.29, 1.82) is 0 Å². The molecule has 2 aromatic carbocycles. The molecule has 154 valence electrons. The van der Waals surface area contributed by atoms with E-state index in [0.717, 1.165) is 21.8 Å². The molecule has 1 aromatic heterocycles. The number of ether oxygens (including phenoxy) is 1. The van der Waals surface area contributed by atoms with E-state index in [1.807, 2.05) is 30.3 Å². The fourth-order valence-electron chi connectivity index (χ4n) is 2.84. The van der Waals surface area contributed by atoms with Crippen molar-refractivity contribution in [2.75, 3.05) is 11.4 Å². The normalized spacial score (nSPS) is 10.5. The van der Waals surface area contributed by atoms with Crippen molar-refractivity contribution >= 4 is 52.3 Å². The van der Waals surface area contributed by atoms with Gasteiger partial charge in [0.15, 0.2) is 0 Å². The van der Waals surface area contributed by atoms with Crippen LogP contribution in [0.15, 0.2) is 67.3 Å². The Bertz CT molecular complexity index is 1080. The summed E-state index contributed by atoms with van der Waals surface area (Å²) in [6.45, 7) is 3.88. The molecule has 0 aliphatic heterocycles. The van der Waals surface area contributed by atoms with E-state index in [2.05, 4.69) is 6.58 Å². The summed E-state index contributed by atoms with van der Waals surface area (Å²) in [5, 5.41) is 10.1. The molecule has 30 heavy (non-hydrogen) atoms. The summed E-state index contributed by atoms with van der Waals surface area (Å²) in [7, 11) is 0. The zero-order chi connectivity index (χ0) is 21.7. The van der Waals surface area contributed by atoms with Gasteiger partial charge in [0.2, 0.25) is 11.0 Å². The summed E-state index contributed by atoms with van der Waals surface area (Å²) in [5.74, 6) is -0.285. The first-order valence-electron chi connectivity index (χ1n) is 8.84. The second-order valence-electron chi connectivity index (χ2n) is 6.22. The van der Waals surface area contributed by atoms with Gasteiger partial charge in [0.1, 0.15) is 0 Å². The molecule has 0 aliphatic carbocycles. The van der Waals surface area contributed by atoms with Crippen LogP contribution in [0.4, 0.5) is 10.5 Å². The summed E-state index contributed by atoms with van der Waals surface area (Å²) < 4.78 is 4.98. The maximum absolute atomic E-state index is 13.1. The van der Waals surface area contributed by atoms with E-state index in [9.17, 15) is 9.59 Å². The second-order valence-corrected chi connectivity index (χ2v) is 8.08. The summed E-state index contributed by atoms with van der Waals surface area (Å²) in [4.78, 5) is 26.5. The van der Waals surface area contributed by atoms with Gasteiger partial charge in [0, 0.05) is 21.5 Å². The van der Waals surface area contributed by atoms with Crippen molar-refractivity contribution in [3.63, 3.8) is 0 Å². The Morgan fingerprint density at radius 3 is 2.50 bits per heavy atom. The van der Waals surface area contributed by atoms with Gasteiger partial charge < -0.3 is 14.7 Å². The van der Waals surface area contributed by atoms with Gasteiger partial charge in [-0.25, -0.2) is 4.79 Å². The van der Waals surface area contributed by atoms with Crippen molar-refractivity contribution in [2.24, 2.45) is 0 Å². The minimum atomic E-state index is -1.45. The smallest absolute Gasteiger partial charge is 0.449 e. The first-order valence-corrected chi connectivity index (χ1v) is 10.4. The molecular weight excluding hydrogens is 445 g/mol. The topological polar surface area (TPSA) is 66.8 Å². The van der Waals surface area contributed by atoms with Crippen molar-refractivity contribution in [1.82, 2.24) is 0 Å². The highest BCUT2D eigenvalue weighted by molar-refractivity contribution is 7.18. The number of nitrogens with zero attached hydrogens (tertiary/aromatic N) is 1. The third kappa shape index (κ3) is 5.21. The fourth-order valence-corrected chi connectivity index (χ4v) is 4.32. The Labute approximate surface area is 187 Å². The molecule has 0 fully saturated rings. The minimum Gasteiger partial charge on any atom is -0.449 e. The van der Waals surface area contributed by atoms with Gasteiger partial charge in [0.25, 0.3) is 0 Å². The lowest BCUT2D eigenvalue weighted by Gasteiger charge is -2.21. The Hall–Kier alpha value is -2.80. The Balaban J connectivity index is 1.99. The van der Waals surface area contributed by atoms with Crippen LogP contribution in [0.5, 0.6) is 5.06 Å². The molecule has 0 saturated heterocycles. The van der Waals surface area contributed by atoms with Crippen molar-refractivity contribution in [3.05, 3.63) is 82.9 Å². The second kappa shape index (κ2) is 9.80. The molecule has 0 atom stereocenters. The van der Waals surface area contributed by atoms with Gasteiger partial charge in [-0.05, 0) is 29.3 Å². The number of hydrogen-bond acceptors (Lipinski definition) is 4. The molecule has 1 amide bonds. The van der Waals surface area contributed by atoms with Crippen LogP contribution in [0.1, 0.15) is 5.56 Å². The van der Waals surface area contributed by atoms with Crippen LogP contribution in [-0.4, -0.2) is 23.7 Å². The number of carbonyl (C=O) groups excluding carboxylic acids is 1. The Kier molecular flexibility index (Phi) is 7.15. The van der Waals surface area contributed by atoms with Crippen molar-refractivity contribution < 1.29 is 19.4 Å². The SMILES string of the molecule is C=CCN(C(=O)Cc1ccc(Cl)cc1Cl)c1cc(-c2ccccc2)sc1OC(=O)O. The minimum absolute atomic E-state index is 0.00682. The van der Waals surface area contributed by atoms with Gasteiger partial charge >= 0.3 is 6.16 Å². The van der Waals surface area contributed by atoms with Crippen molar-refractivity contribution in [3.8, 4) is 15.5 Å². The molecular formula is C22H17Cl2NO4S. The van der Waals surface area contributed by atoms with Crippen LogP contribution < -0.4 is 9.64 Å². The van der Waals surface area contributed by atoms with Gasteiger partial charge in [-0.1, -0.05) is 77.0 Å². The lowest BCUT2D eigenvalue weighted by Crippen LogP contribution is -2.32. The first kappa shape index (κ1) is 21.9. The molecule has 0 bridgehead atoms. The number of halogens is 2. The maximum atomic E-state index is 13.1. The van der Waals surface area contributed by atoms with Crippen LogP contribution in [0.3, 0.4) is 0 Å². The van der Waals surface area contributed by atoms with E-state index in [4.69, 9.17) is 33.0 Å². The van der Waals surface area contributed by atoms with E-state index in [1.54, 1.807) is 30.3 Å². The fraction of sp³-hybridized carbons (Fsp3) is 0.0909. The zero-order valence-electron chi connectivity index (χ0n) is 15.7. The predicted octanol–water partition coefficient (Wildman–Crippen LogP) is 6.54. The van der Waals surface area contributed by atoms with Gasteiger partial charge in [-0.15, -0.1) is 6.58 Å². The third-order valence-corrected chi connectivity index (χ3v) is 5.82. The average molecular weight is 462 g/mol. The van der Waals surface area contributed by atoms with Crippen molar-refractivity contribution in [2.45, 2.75) is 6.42 Å². The standard InChI is InChI=1S/C22H17Cl2NO4S/c1-2-10-25(20(26)11-15-8-9-16(23)12-17(15)24)18-13-19(14-6-4-3-5-7-14)30-21(18)29-22(27)28/h2-9,12-13H,1,10-11H2,(H,27,28). The summed E-state index contributed by atoms with van der Waals surface area (Å²) in [5.41, 5.74) is 1.85. The van der Waals surface area contributed by atoms with Gasteiger partial charge in [-0.2, -0.15) is 0 Å².